The summed E-state index contributed by atoms with van der Waals surface area (Å²) in [5, 5.41) is 9.54. The maximum absolute atomic E-state index is 12.7. The zero-order chi connectivity index (χ0) is 17.5. The van der Waals surface area contributed by atoms with Crippen molar-refractivity contribution >= 4 is 33.7 Å². The second-order valence-electron chi connectivity index (χ2n) is 6.21. The molecule has 9 heteroatoms. The molecule has 0 radical (unpaired) electrons. The van der Waals surface area contributed by atoms with E-state index in [0.29, 0.717) is 37.8 Å². The summed E-state index contributed by atoms with van der Waals surface area (Å²) in [6.45, 7) is 4.27. The molecule has 0 unspecified atom stereocenters. The molecule has 7 nitrogen and oxygen atoms in total. The summed E-state index contributed by atoms with van der Waals surface area (Å²) < 4.78 is 7.19. The second-order valence-corrected chi connectivity index (χ2v) is 8.00. The Morgan fingerprint density at radius 3 is 2.81 bits per heavy atom. The number of thiophene rings is 1. The molecule has 0 aromatic carbocycles. The molecule has 0 N–H and O–H groups in total. The zero-order valence-corrected chi connectivity index (χ0v) is 15.6. The lowest BCUT2D eigenvalue weighted by Gasteiger charge is -2.34. The Hall–Kier alpha value is -2.39. The smallest absolute Gasteiger partial charge is 0.274 e. The van der Waals surface area contributed by atoms with Crippen LogP contribution in [0.4, 0.5) is 5.13 Å². The van der Waals surface area contributed by atoms with Crippen LogP contribution in [0.1, 0.15) is 10.5 Å². The molecule has 0 spiro atoms. The van der Waals surface area contributed by atoms with Gasteiger partial charge < -0.3 is 14.5 Å². The van der Waals surface area contributed by atoms with Crippen LogP contribution in [-0.2, 0) is 6.54 Å². The fourth-order valence-corrected chi connectivity index (χ4v) is 4.87. The number of rotatable bonds is 3. The van der Waals surface area contributed by atoms with Gasteiger partial charge in [-0.25, -0.2) is 9.67 Å². The predicted molar refractivity (Wildman–Crippen MR) is 101 cm³/mol. The summed E-state index contributed by atoms with van der Waals surface area (Å²) in [6.07, 6.45) is 0. The van der Waals surface area contributed by atoms with Crippen LogP contribution in [0.15, 0.2) is 29.0 Å². The number of carbonyl (C=O) groups excluding carboxylic acids is 1. The summed E-state index contributed by atoms with van der Waals surface area (Å²) in [5.74, 6) is 0.671. The van der Waals surface area contributed by atoms with Crippen LogP contribution in [0.3, 0.4) is 0 Å². The number of ether oxygens (including phenoxy) is 1. The lowest BCUT2D eigenvalue weighted by Crippen LogP contribution is -2.48. The molecular formula is C17H17N5O2S2. The Bertz CT molecular complexity index is 904. The number of carbonyl (C=O) groups is 1. The van der Waals surface area contributed by atoms with Crippen LogP contribution in [0.2, 0.25) is 0 Å². The van der Waals surface area contributed by atoms with Gasteiger partial charge in [-0.1, -0.05) is 6.07 Å². The van der Waals surface area contributed by atoms with Crippen LogP contribution in [0, 0.1) is 0 Å². The molecule has 5 rings (SSSR count). The highest BCUT2D eigenvalue weighted by molar-refractivity contribution is 7.16. The van der Waals surface area contributed by atoms with Crippen LogP contribution in [-0.4, -0.2) is 58.4 Å². The minimum atomic E-state index is -0.0198. The summed E-state index contributed by atoms with van der Waals surface area (Å²) in [5.41, 5.74) is 1.51. The molecule has 0 saturated carbocycles. The molecule has 3 aromatic heterocycles. The largest absolute Gasteiger partial charge is 0.476 e. The number of hydrogen-bond donors (Lipinski definition) is 0. The van der Waals surface area contributed by atoms with Gasteiger partial charge in [-0.2, -0.15) is 5.10 Å². The Morgan fingerprint density at radius 2 is 2.04 bits per heavy atom. The van der Waals surface area contributed by atoms with Gasteiger partial charge in [0.15, 0.2) is 10.8 Å². The quantitative estimate of drug-likeness (QED) is 0.691. The van der Waals surface area contributed by atoms with Gasteiger partial charge >= 0.3 is 0 Å². The van der Waals surface area contributed by atoms with Crippen molar-refractivity contribution in [3.63, 3.8) is 0 Å². The highest BCUT2D eigenvalue weighted by atomic mass is 32.1. The summed E-state index contributed by atoms with van der Waals surface area (Å²) in [4.78, 5) is 22.7. The Kier molecular flexibility index (Phi) is 3.90. The van der Waals surface area contributed by atoms with Gasteiger partial charge in [0, 0.05) is 37.6 Å². The topological polar surface area (TPSA) is 63.5 Å². The zero-order valence-electron chi connectivity index (χ0n) is 14.0. The van der Waals surface area contributed by atoms with Crippen molar-refractivity contribution in [1.29, 1.82) is 0 Å². The average molecular weight is 387 g/mol. The van der Waals surface area contributed by atoms with E-state index in [-0.39, 0.29) is 5.91 Å². The predicted octanol–water partition coefficient (Wildman–Crippen LogP) is 2.42. The van der Waals surface area contributed by atoms with E-state index in [1.807, 2.05) is 11.0 Å². The molecule has 0 bridgehead atoms. The van der Waals surface area contributed by atoms with Gasteiger partial charge in [-0.05, 0) is 11.4 Å². The monoisotopic (exact) mass is 387 g/mol. The van der Waals surface area contributed by atoms with E-state index in [1.165, 1.54) is 4.88 Å². The third kappa shape index (κ3) is 2.77. The Balaban J connectivity index is 1.24. The lowest BCUT2D eigenvalue weighted by atomic mass is 10.3. The number of hydrogen-bond acceptors (Lipinski definition) is 7. The van der Waals surface area contributed by atoms with E-state index >= 15 is 0 Å². The van der Waals surface area contributed by atoms with Gasteiger partial charge in [-0.3, -0.25) is 4.79 Å². The molecule has 26 heavy (non-hydrogen) atoms. The average Bonchev–Trinajstić information content (AvgIpc) is 3.44. The number of amides is 1. The van der Waals surface area contributed by atoms with E-state index in [1.54, 1.807) is 33.4 Å². The lowest BCUT2D eigenvalue weighted by molar-refractivity contribution is 0.0739. The molecule has 2 aliphatic heterocycles. The van der Waals surface area contributed by atoms with Crippen molar-refractivity contribution in [3.05, 3.63) is 34.7 Å². The first kappa shape index (κ1) is 15.8. The van der Waals surface area contributed by atoms with Crippen molar-refractivity contribution in [2.24, 2.45) is 0 Å². The molecule has 5 heterocycles. The van der Waals surface area contributed by atoms with Crippen molar-refractivity contribution in [3.8, 4) is 16.5 Å². The molecule has 134 valence electrons. The van der Waals surface area contributed by atoms with E-state index in [4.69, 9.17) is 9.72 Å². The SMILES string of the molecule is O=C(c1cc2n(n1)CCO2)N1CCN(c2nc(-c3cccs3)cs2)CC1. The third-order valence-electron chi connectivity index (χ3n) is 4.62. The van der Waals surface area contributed by atoms with Crippen molar-refractivity contribution in [2.45, 2.75) is 6.54 Å². The molecule has 2 aliphatic rings. The summed E-state index contributed by atoms with van der Waals surface area (Å²) in [7, 11) is 0. The maximum Gasteiger partial charge on any atom is 0.274 e. The van der Waals surface area contributed by atoms with Crippen LogP contribution in [0.25, 0.3) is 10.6 Å². The number of thiazole rings is 1. The molecule has 0 atom stereocenters. The van der Waals surface area contributed by atoms with Crippen LogP contribution in [0.5, 0.6) is 5.88 Å². The summed E-state index contributed by atoms with van der Waals surface area (Å²) in [6, 6.07) is 5.88. The van der Waals surface area contributed by atoms with E-state index in [0.717, 1.165) is 23.9 Å². The van der Waals surface area contributed by atoms with Gasteiger partial charge in [0.25, 0.3) is 5.91 Å². The van der Waals surface area contributed by atoms with Crippen LogP contribution < -0.4 is 9.64 Å². The van der Waals surface area contributed by atoms with Crippen molar-refractivity contribution < 1.29 is 9.53 Å². The number of fused-ring (bicyclic) bond motifs is 1. The maximum atomic E-state index is 12.7. The third-order valence-corrected chi connectivity index (χ3v) is 6.41. The van der Waals surface area contributed by atoms with Crippen molar-refractivity contribution in [2.75, 3.05) is 37.7 Å². The highest BCUT2D eigenvalue weighted by Crippen LogP contribution is 2.30. The van der Waals surface area contributed by atoms with E-state index in [9.17, 15) is 4.79 Å². The first-order valence-electron chi connectivity index (χ1n) is 8.52. The van der Waals surface area contributed by atoms with Gasteiger partial charge in [0.05, 0.1) is 17.1 Å². The van der Waals surface area contributed by atoms with Gasteiger partial charge in [-0.15, -0.1) is 22.7 Å². The standard InChI is InChI=1S/C17H17N5O2S2/c23-16(12-10-15-22(19-12)7-8-24-15)20-3-5-21(6-4-20)17-18-13(11-26-17)14-2-1-9-25-14/h1-2,9-11H,3-8H2. The molecule has 1 amide bonds. The normalized spacial score (nSPS) is 16.6. The van der Waals surface area contributed by atoms with Gasteiger partial charge in [0.1, 0.15) is 6.61 Å². The van der Waals surface area contributed by atoms with Gasteiger partial charge in [0.2, 0.25) is 5.88 Å². The number of aromatic nitrogens is 3. The van der Waals surface area contributed by atoms with E-state index < -0.39 is 0 Å². The minimum absolute atomic E-state index is 0.0198. The highest BCUT2D eigenvalue weighted by Gasteiger charge is 2.27. The Morgan fingerprint density at radius 1 is 1.15 bits per heavy atom. The molecule has 3 aromatic rings. The number of piperazine rings is 1. The first-order valence-corrected chi connectivity index (χ1v) is 10.3. The Labute approximate surface area is 158 Å². The molecular weight excluding hydrogens is 370 g/mol. The molecule has 1 saturated heterocycles. The second kappa shape index (κ2) is 6.40. The first-order chi connectivity index (χ1) is 12.8. The molecule has 0 aliphatic carbocycles. The summed E-state index contributed by atoms with van der Waals surface area (Å²) >= 11 is 3.36. The van der Waals surface area contributed by atoms with E-state index in [2.05, 4.69) is 26.8 Å². The van der Waals surface area contributed by atoms with Crippen LogP contribution >= 0.6 is 22.7 Å². The molecule has 1 fully saturated rings. The van der Waals surface area contributed by atoms with Crippen molar-refractivity contribution in [1.82, 2.24) is 19.7 Å². The fraction of sp³-hybridized carbons (Fsp3) is 0.353. The minimum Gasteiger partial charge on any atom is -0.476 e. The fourth-order valence-electron chi connectivity index (χ4n) is 3.23. The number of nitrogens with zero attached hydrogens (tertiary/aromatic N) is 5. The number of anilines is 1.